The van der Waals surface area contributed by atoms with Crippen LogP contribution in [0.1, 0.15) is 22.1 Å². The van der Waals surface area contributed by atoms with Gasteiger partial charge in [0.25, 0.3) is 0 Å². The van der Waals surface area contributed by atoms with Crippen LogP contribution in [-0.4, -0.2) is 36.2 Å². The normalized spacial score (nSPS) is 11.5. The first-order valence-corrected chi connectivity index (χ1v) is 7.97. The Bertz CT molecular complexity index is 803. The van der Waals surface area contributed by atoms with E-state index in [2.05, 4.69) is 14.9 Å². The molecule has 0 radical (unpaired) electrons. The average molecular weight is 346 g/mol. The van der Waals surface area contributed by atoms with Crippen LogP contribution in [0.15, 0.2) is 27.6 Å². The predicted molar refractivity (Wildman–Crippen MR) is 76.3 cm³/mol. The van der Waals surface area contributed by atoms with E-state index in [1.165, 1.54) is 12.1 Å². The number of rotatable bonds is 6. The van der Waals surface area contributed by atoms with E-state index in [4.69, 9.17) is 21.2 Å². The van der Waals surface area contributed by atoms with Gasteiger partial charge in [0.05, 0.1) is 10.5 Å². The summed E-state index contributed by atoms with van der Waals surface area (Å²) in [6.07, 6.45) is 0.215. The molecule has 2 aromatic rings. The van der Waals surface area contributed by atoms with Crippen molar-refractivity contribution >= 4 is 27.6 Å². The van der Waals surface area contributed by atoms with Crippen molar-refractivity contribution in [3.05, 3.63) is 40.5 Å². The standard InChI is InChI=1S/C12H12ClN3O5S/c1-7-15-11(21-16-7)2-3-14-22(19,20)10-5-8(12(17)18)4-9(13)6-10/h4-6,14H,2-3H2,1H3,(H,17,18). The minimum atomic E-state index is -3.89. The van der Waals surface area contributed by atoms with Crippen LogP contribution in [0.4, 0.5) is 0 Å². The molecule has 0 bridgehead atoms. The van der Waals surface area contributed by atoms with E-state index < -0.39 is 16.0 Å². The van der Waals surface area contributed by atoms with Gasteiger partial charge in [-0.25, -0.2) is 17.9 Å². The molecule has 10 heteroatoms. The number of carbonyl (C=O) groups is 1. The molecule has 0 amide bonds. The Kier molecular flexibility index (Phi) is 4.79. The molecule has 118 valence electrons. The number of aromatic carboxylic acids is 1. The van der Waals surface area contributed by atoms with Crippen molar-refractivity contribution in [3.8, 4) is 0 Å². The molecule has 1 aromatic carbocycles. The molecule has 0 atom stereocenters. The van der Waals surface area contributed by atoms with E-state index >= 15 is 0 Å². The fourth-order valence-corrected chi connectivity index (χ4v) is 3.06. The Balaban J connectivity index is 2.11. The number of halogens is 1. The molecule has 0 aliphatic carbocycles. The molecule has 0 fully saturated rings. The Hall–Kier alpha value is -1.97. The van der Waals surface area contributed by atoms with E-state index in [9.17, 15) is 13.2 Å². The number of hydrogen-bond acceptors (Lipinski definition) is 6. The van der Waals surface area contributed by atoms with Crippen LogP contribution in [0.3, 0.4) is 0 Å². The minimum absolute atomic E-state index is 0.0211. The zero-order valence-electron chi connectivity index (χ0n) is 11.4. The van der Waals surface area contributed by atoms with E-state index in [0.717, 1.165) is 6.07 Å². The minimum Gasteiger partial charge on any atom is -0.478 e. The zero-order valence-corrected chi connectivity index (χ0v) is 13.0. The first-order chi connectivity index (χ1) is 10.3. The summed E-state index contributed by atoms with van der Waals surface area (Å²) >= 11 is 5.74. The highest BCUT2D eigenvalue weighted by molar-refractivity contribution is 7.89. The van der Waals surface area contributed by atoms with Gasteiger partial charge in [-0.2, -0.15) is 4.98 Å². The molecule has 2 rings (SSSR count). The van der Waals surface area contributed by atoms with Crippen molar-refractivity contribution in [1.29, 1.82) is 0 Å². The highest BCUT2D eigenvalue weighted by Crippen LogP contribution is 2.19. The summed E-state index contributed by atoms with van der Waals surface area (Å²) in [5.41, 5.74) is -0.208. The zero-order chi connectivity index (χ0) is 16.3. The summed E-state index contributed by atoms with van der Waals surface area (Å²) in [5, 5.41) is 12.5. The number of sulfonamides is 1. The summed E-state index contributed by atoms with van der Waals surface area (Å²) in [6.45, 7) is 1.68. The molecular weight excluding hydrogens is 334 g/mol. The second-order valence-electron chi connectivity index (χ2n) is 4.36. The third-order valence-electron chi connectivity index (χ3n) is 2.63. The highest BCUT2D eigenvalue weighted by Gasteiger charge is 2.17. The van der Waals surface area contributed by atoms with Gasteiger partial charge in [0.15, 0.2) is 5.82 Å². The number of aryl methyl sites for hydroxylation is 1. The number of benzene rings is 1. The van der Waals surface area contributed by atoms with Crippen LogP contribution in [0.2, 0.25) is 5.02 Å². The summed E-state index contributed by atoms with van der Waals surface area (Å²) in [5.74, 6) is -0.503. The quantitative estimate of drug-likeness (QED) is 0.807. The molecule has 0 aliphatic heterocycles. The lowest BCUT2D eigenvalue weighted by Crippen LogP contribution is -2.26. The number of aromatic nitrogens is 2. The molecule has 0 spiro atoms. The van der Waals surface area contributed by atoms with Gasteiger partial charge in [-0.1, -0.05) is 16.8 Å². The van der Waals surface area contributed by atoms with Crippen molar-refractivity contribution in [2.75, 3.05) is 6.54 Å². The maximum atomic E-state index is 12.1. The maximum absolute atomic E-state index is 12.1. The van der Waals surface area contributed by atoms with Gasteiger partial charge in [-0.3, -0.25) is 0 Å². The maximum Gasteiger partial charge on any atom is 0.335 e. The number of carboxylic acid groups (broad SMARTS) is 1. The van der Waals surface area contributed by atoms with Crippen LogP contribution >= 0.6 is 11.6 Å². The third-order valence-corrected chi connectivity index (χ3v) is 4.29. The lowest BCUT2D eigenvalue weighted by Gasteiger charge is -2.07. The second kappa shape index (κ2) is 6.42. The lowest BCUT2D eigenvalue weighted by molar-refractivity contribution is 0.0696. The van der Waals surface area contributed by atoms with Crippen LogP contribution < -0.4 is 4.72 Å². The summed E-state index contributed by atoms with van der Waals surface area (Å²) in [4.78, 5) is 14.7. The van der Waals surface area contributed by atoms with Crippen LogP contribution in [0, 0.1) is 6.92 Å². The molecule has 8 nitrogen and oxygen atoms in total. The van der Waals surface area contributed by atoms with E-state index in [-0.39, 0.29) is 28.4 Å². The van der Waals surface area contributed by atoms with Gasteiger partial charge < -0.3 is 9.63 Å². The first kappa shape index (κ1) is 16.4. The van der Waals surface area contributed by atoms with E-state index in [1.807, 2.05) is 0 Å². The van der Waals surface area contributed by atoms with Gasteiger partial charge in [-0.05, 0) is 25.1 Å². The predicted octanol–water partition coefficient (Wildman–Crippen LogP) is 1.25. The van der Waals surface area contributed by atoms with Gasteiger partial charge >= 0.3 is 5.97 Å². The lowest BCUT2D eigenvalue weighted by atomic mass is 10.2. The Morgan fingerprint density at radius 1 is 1.41 bits per heavy atom. The molecule has 0 saturated carbocycles. The fraction of sp³-hybridized carbons (Fsp3) is 0.250. The average Bonchev–Trinajstić information content (AvgIpc) is 2.83. The van der Waals surface area contributed by atoms with Crippen molar-refractivity contribution in [1.82, 2.24) is 14.9 Å². The van der Waals surface area contributed by atoms with Crippen molar-refractivity contribution in [2.24, 2.45) is 0 Å². The topological polar surface area (TPSA) is 122 Å². The van der Waals surface area contributed by atoms with Gasteiger partial charge in [0.2, 0.25) is 15.9 Å². The Morgan fingerprint density at radius 3 is 2.73 bits per heavy atom. The van der Waals surface area contributed by atoms with Crippen molar-refractivity contribution < 1.29 is 22.8 Å². The van der Waals surface area contributed by atoms with E-state index in [0.29, 0.717) is 11.7 Å². The highest BCUT2D eigenvalue weighted by atomic mass is 35.5. The van der Waals surface area contributed by atoms with Crippen molar-refractivity contribution in [2.45, 2.75) is 18.2 Å². The fourth-order valence-electron chi connectivity index (χ4n) is 1.66. The number of nitrogens with one attached hydrogen (secondary N) is 1. The van der Waals surface area contributed by atoms with E-state index in [1.54, 1.807) is 6.92 Å². The molecular formula is C12H12ClN3O5S. The first-order valence-electron chi connectivity index (χ1n) is 6.10. The number of carboxylic acids is 1. The molecule has 1 heterocycles. The Morgan fingerprint density at radius 2 is 2.14 bits per heavy atom. The van der Waals surface area contributed by atoms with Crippen molar-refractivity contribution in [3.63, 3.8) is 0 Å². The van der Waals surface area contributed by atoms with Crippen LogP contribution in [0.25, 0.3) is 0 Å². The second-order valence-corrected chi connectivity index (χ2v) is 6.57. The van der Waals surface area contributed by atoms with Gasteiger partial charge in [0, 0.05) is 18.0 Å². The van der Waals surface area contributed by atoms with Gasteiger partial charge in [0.1, 0.15) is 0 Å². The van der Waals surface area contributed by atoms with Gasteiger partial charge in [-0.15, -0.1) is 0 Å². The number of nitrogens with zero attached hydrogens (tertiary/aromatic N) is 2. The monoisotopic (exact) mass is 345 g/mol. The molecule has 22 heavy (non-hydrogen) atoms. The summed E-state index contributed by atoms with van der Waals surface area (Å²) in [6, 6.07) is 3.38. The molecule has 0 saturated heterocycles. The molecule has 1 aromatic heterocycles. The molecule has 0 aliphatic rings. The SMILES string of the molecule is Cc1noc(CCNS(=O)(=O)c2cc(Cl)cc(C(=O)O)c2)n1. The molecule has 2 N–H and O–H groups in total. The number of hydrogen-bond donors (Lipinski definition) is 2. The Labute approximate surface area is 131 Å². The third kappa shape index (κ3) is 4.03. The van der Waals surface area contributed by atoms with Crippen LogP contribution in [0.5, 0.6) is 0 Å². The summed E-state index contributed by atoms with van der Waals surface area (Å²) in [7, 11) is -3.89. The largest absolute Gasteiger partial charge is 0.478 e. The van der Waals surface area contributed by atoms with Crippen LogP contribution in [-0.2, 0) is 16.4 Å². The molecule has 0 unspecified atom stereocenters. The smallest absolute Gasteiger partial charge is 0.335 e. The summed E-state index contributed by atoms with van der Waals surface area (Å²) < 4.78 is 31.4.